The molecule has 0 amide bonds. The molecule has 3 N–H and O–H groups in total. The first-order valence-corrected chi connectivity index (χ1v) is 8.07. The van der Waals surface area contributed by atoms with Gasteiger partial charge in [0.2, 0.25) is 17.8 Å². The zero-order valence-electron chi connectivity index (χ0n) is 14.4. The molecule has 0 aliphatic carbocycles. The lowest BCUT2D eigenvalue weighted by Crippen LogP contribution is -2.11. The van der Waals surface area contributed by atoms with Crippen molar-refractivity contribution in [1.82, 2.24) is 29.5 Å². The molecule has 0 aliphatic rings. The van der Waals surface area contributed by atoms with Crippen molar-refractivity contribution in [3.63, 3.8) is 0 Å². The Morgan fingerprint density at radius 3 is 2.50 bits per heavy atom. The number of benzene rings is 1. The molecule has 142 valence electrons. The van der Waals surface area contributed by atoms with Gasteiger partial charge in [-0.15, -0.1) is 0 Å². The Labute approximate surface area is 156 Å². The molecule has 0 radical (unpaired) electrons. The van der Waals surface area contributed by atoms with Gasteiger partial charge in [-0.05, 0) is 31.2 Å². The molecule has 0 atom stereocenters. The first-order valence-electron chi connectivity index (χ1n) is 8.07. The molecule has 0 bridgehead atoms. The molecule has 3 aromatic heterocycles. The average molecular weight is 386 g/mol. The van der Waals surface area contributed by atoms with Crippen LogP contribution in [0, 0.1) is 6.92 Å². The number of aryl methyl sites for hydroxylation is 1. The largest absolute Gasteiger partial charge is 0.433 e. The summed E-state index contributed by atoms with van der Waals surface area (Å²) < 4.78 is 39.6. The number of anilines is 3. The smallest absolute Gasteiger partial charge is 0.368 e. The van der Waals surface area contributed by atoms with Gasteiger partial charge < -0.3 is 11.1 Å². The van der Waals surface area contributed by atoms with Crippen LogP contribution in [-0.4, -0.2) is 29.5 Å². The molecule has 8 nitrogen and oxygen atoms in total. The second-order valence-corrected chi connectivity index (χ2v) is 5.86. The fourth-order valence-electron chi connectivity index (χ4n) is 2.70. The number of hydrogen-bond donors (Lipinski definition) is 2. The van der Waals surface area contributed by atoms with E-state index in [-0.39, 0.29) is 23.5 Å². The fourth-order valence-corrected chi connectivity index (χ4v) is 2.70. The number of alkyl halides is 3. The minimum Gasteiger partial charge on any atom is -0.368 e. The van der Waals surface area contributed by atoms with Crippen LogP contribution in [-0.2, 0) is 6.18 Å². The highest BCUT2D eigenvalue weighted by molar-refractivity contribution is 5.77. The second-order valence-electron chi connectivity index (χ2n) is 5.86. The van der Waals surface area contributed by atoms with E-state index in [1.807, 2.05) is 24.3 Å². The summed E-state index contributed by atoms with van der Waals surface area (Å²) >= 11 is 0. The number of nitrogen functional groups attached to an aromatic ring is 1. The first kappa shape index (κ1) is 17.6. The Bertz CT molecular complexity index is 1150. The van der Waals surface area contributed by atoms with Gasteiger partial charge in [0, 0.05) is 0 Å². The molecule has 0 saturated heterocycles. The minimum absolute atomic E-state index is 0.0513. The molecule has 0 saturated carbocycles. The van der Waals surface area contributed by atoms with Crippen LogP contribution in [0.2, 0.25) is 0 Å². The van der Waals surface area contributed by atoms with Crippen molar-refractivity contribution in [2.75, 3.05) is 11.1 Å². The van der Waals surface area contributed by atoms with Crippen LogP contribution in [0.15, 0.2) is 42.6 Å². The zero-order valence-corrected chi connectivity index (χ0v) is 14.4. The number of hydrogen-bond acceptors (Lipinski definition) is 7. The van der Waals surface area contributed by atoms with Crippen LogP contribution in [0.1, 0.15) is 11.5 Å². The predicted octanol–water partition coefficient (Wildman–Crippen LogP) is 3.26. The Kier molecular flexibility index (Phi) is 4.06. The summed E-state index contributed by atoms with van der Waals surface area (Å²) in [6.07, 6.45) is -3.47. The molecule has 4 aromatic rings. The molecule has 0 unspecified atom stereocenters. The molecule has 0 spiro atoms. The van der Waals surface area contributed by atoms with Gasteiger partial charge in [0.05, 0.1) is 22.9 Å². The molecular weight excluding hydrogens is 373 g/mol. The lowest BCUT2D eigenvalue weighted by molar-refractivity contribution is -0.141. The van der Waals surface area contributed by atoms with E-state index in [1.54, 1.807) is 11.5 Å². The number of imidazole rings is 1. The highest BCUT2D eigenvalue weighted by Crippen LogP contribution is 2.28. The summed E-state index contributed by atoms with van der Waals surface area (Å²) in [7, 11) is 0. The van der Waals surface area contributed by atoms with Crippen molar-refractivity contribution >= 4 is 28.6 Å². The van der Waals surface area contributed by atoms with Crippen molar-refractivity contribution in [2.24, 2.45) is 0 Å². The number of fused-ring (bicyclic) bond motifs is 1. The van der Waals surface area contributed by atoms with Gasteiger partial charge in [-0.1, -0.05) is 12.1 Å². The monoisotopic (exact) mass is 386 g/mol. The Morgan fingerprint density at radius 2 is 1.79 bits per heavy atom. The standard InChI is InChI=1S/C17H13F3N8/c1-9-23-11-4-2-3-5-12(11)28(9)16-26-14(21)25-15(27-16)24-10-6-7-13(22-8-10)17(18,19)20/h2-8H,1H3,(H3,21,24,25,26,27). The number of para-hydroxylation sites is 2. The normalized spacial score (nSPS) is 11.7. The maximum absolute atomic E-state index is 12.6. The molecule has 1 aromatic carbocycles. The lowest BCUT2D eigenvalue weighted by Gasteiger charge is -2.10. The minimum atomic E-state index is -4.51. The Morgan fingerprint density at radius 1 is 1.00 bits per heavy atom. The molecule has 0 fully saturated rings. The van der Waals surface area contributed by atoms with Crippen LogP contribution in [0.5, 0.6) is 0 Å². The molecule has 0 aliphatic heterocycles. The highest BCUT2D eigenvalue weighted by Gasteiger charge is 2.32. The van der Waals surface area contributed by atoms with E-state index in [4.69, 9.17) is 5.73 Å². The predicted molar refractivity (Wildman–Crippen MR) is 96.1 cm³/mol. The number of halogens is 3. The van der Waals surface area contributed by atoms with Gasteiger partial charge in [-0.2, -0.15) is 28.1 Å². The Hall–Kier alpha value is -3.76. The van der Waals surface area contributed by atoms with Crippen LogP contribution in [0.25, 0.3) is 17.0 Å². The first-order chi connectivity index (χ1) is 13.3. The van der Waals surface area contributed by atoms with E-state index in [2.05, 4.69) is 30.2 Å². The number of aromatic nitrogens is 6. The second kappa shape index (κ2) is 6.44. The van der Waals surface area contributed by atoms with E-state index in [0.717, 1.165) is 23.3 Å². The van der Waals surface area contributed by atoms with Gasteiger partial charge >= 0.3 is 6.18 Å². The van der Waals surface area contributed by atoms with E-state index < -0.39 is 11.9 Å². The number of nitrogens with two attached hydrogens (primary N) is 1. The van der Waals surface area contributed by atoms with Gasteiger partial charge in [0.1, 0.15) is 11.5 Å². The molecule has 3 heterocycles. The van der Waals surface area contributed by atoms with Crippen molar-refractivity contribution in [3.05, 3.63) is 54.1 Å². The number of rotatable bonds is 3. The number of nitrogens with one attached hydrogen (secondary N) is 1. The van der Waals surface area contributed by atoms with Crippen LogP contribution >= 0.6 is 0 Å². The molecular formula is C17H13F3N8. The molecule has 11 heteroatoms. The summed E-state index contributed by atoms with van der Waals surface area (Å²) in [5.41, 5.74) is 6.63. The zero-order chi connectivity index (χ0) is 19.9. The van der Waals surface area contributed by atoms with Gasteiger partial charge in [-0.25, -0.2) is 9.97 Å². The summed E-state index contributed by atoms with van der Waals surface area (Å²) in [5, 5.41) is 2.79. The van der Waals surface area contributed by atoms with Crippen molar-refractivity contribution in [3.8, 4) is 5.95 Å². The molecule has 4 rings (SSSR count). The van der Waals surface area contributed by atoms with E-state index in [9.17, 15) is 13.2 Å². The average Bonchev–Trinajstić information content (AvgIpc) is 2.96. The van der Waals surface area contributed by atoms with Crippen LogP contribution < -0.4 is 11.1 Å². The van der Waals surface area contributed by atoms with E-state index in [1.165, 1.54) is 6.07 Å². The molecule has 28 heavy (non-hydrogen) atoms. The van der Waals surface area contributed by atoms with Crippen molar-refractivity contribution < 1.29 is 13.2 Å². The number of pyridine rings is 1. The third-order valence-electron chi connectivity index (χ3n) is 3.88. The van der Waals surface area contributed by atoms with Crippen LogP contribution in [0.3, 0.4) is 0 Å². The van der Waals surface area contributed by atoms with Gasteiger partial charge in [0.25, 0.3) is 0 Å². The third-order valence-corrected chi connectivity index (χ3v) is 3.88. The van der Waals surface area contributed by atoms with E-state index >= 15 is 0 Å². The summed E-state index contributed by atoms with van der Waals surface area (Å²) in [4.78, 5) is 20.3. The van der Waals surface area contributed by atoms with Crippen LogP contribution in [0.4, 0.5) is 30.8 Å². The maximum atomic E-state index is 12.6. The quantitative estimate of drug-likeness (QED) is 0.556. The SMILES string of the molecule is Cc1nc2ccccc2n1-c1nc(N)nc(Nc2ccc(C(F)(F)F)nc2)n1. The topological polar surface area (TPSA) is 107 Å². The van der Waals surface area contributed by atoms with Gasteiger partial charge in [0.15, 0.2) is 0 Å². The van der Waals surface area contributed by atoms with Gasteiger partial charge in [-0.3, -0.25) is 4.57 Å². The number of nitrogens with zero attached hydrogens (tertiary/aromatic N) is 6. The fraction of sp³-hybridized carbons (Fsp3) is 0.118. The summed E-state index contributed by atoms with van der Waals surface area (Å²) in [6, 6.07) is 9.54. The Balaban J connectivity index is 1.71. The maximum Gasteiger partial charge on any atom is 0.433 e. The van der Waals surface area contributed by atoms with Crippen molar-refractivity contribution in [2.45, 2.75) is 13.1 Å². The summed E-state index contributed by atoms with van der Waals surface area (Å²) in [6.45, 7) is 1.80. The van der Waals surface area contributed by atoms with E-state index in [0.29, 0.717) is 5.82 Å². The highest BCUT2D eigenvalue weighted by atomic mass is 19.4. The lowest BCUT2D eigenvalue weighted by atomic mass is 10.3. The van der Waals surface area contributed by atoms with Crippen molar-refractivity contribution in [1.29, 1.82) is 0 Å². The third kappa shape index (κ3) is 3.29. The summed E-state index contributed by atoms with van der Waals surface area (Å²) in [5.74, 6) is 0.904.